The van der Waals surface area contributed by atoms with Gasteiger partial charge in [0.25, 0.3) is 11.4 Å². The van der Waals surface area contributed by atoms with Gasteiger partial charge in [0.2, 0.25) is 0 Å². The Labute approximate surface area is 247 Å². The van der Waals surface area contributed by atoms with Crippen molar-refractivity contribution >= 4 is 57.5 Å². The standard InChI is InChI=1S/C24H26N8O12/c1-3-9-43-23(33)13-19(27-25-17-7-5-15(29(35)36)11-21(17)31(39)40)20(14-24(34)44-10-4-2)28-26-18-8-6-16(30(37)38)12-22(18)32(41)42/h5-8,11-12,25-26H,3-4,9-10,13-14H2,1-2H3/b27-19-,28-20-. The number of non-ortho nitro benzene ring substituents is 2. The van der Waals surface area contributed by atoms with E-state index in [2.05, 4.69) is 21.1 Å². The summed E-state index contributed by atoms with van der Waals surface area (Å²) in [7, 11) is 0. The Kier molecular flexibility index (Phi) is 12.7. The van der Waals surface area contributed by atoms with Gasteiger partial charge in [0.05, 0.1) is 69.3 Å². The topological polar surface area (TPSA) is 274 Å². The summed E-state index contributed by atoms with van der Waals surface area (Å²) in [5, 5.41) is 53.2. The third-order valence-corrected chi connectivity index (χ3v) is 5.29. The number of nitrogens with zero attached hydrogens (tertiary/aromatic N) is 6. The van der Waals surface area contributed by atoms with E-state index in [9.17, 15) is 50.0 Å². The summed E-state index contributed by atoms with van der Waals surface area (Å²) in [6, 6.07) is 5.28. The molecule has 0 aliphatic heterocycles. The molecule has 20 heteroatoms. The molecule has 0 amide bonds. The predicted octanol–water partition coefficient (Wildman–Crippen LogP) is 4.24. The molecule has 2 N–H and O–H groups in total. The first kappa shape index (κ1) is 34.1. The fraction of sp³-hybridized carbons (Fsp3) is 0.333. The molecule has 0 fully saturated rings. The molecule has 0 heterocycles. The minimum atomic E-state index is -0.910. The van der Waals surface area contributed by atoms with Crippen LogP contribution >= 0.6 is 0 Å². The predicted molar refractivity (Wildman–Crippen MR) is 153 cm³/mol. The summed E-state index contributed by atoms with van der Waals surface area (Å²) in [6.45, 7) is 3.50. The van der Waals surface area contributed by atoms with Gasteiger partial charge in [0, 0.05) is 12.1 Å². The lowest BCUT2D eigenvalue weighted by atomic mass is 10.1. The molecule has 2 rings (SSSR count). The van der Waals surface area contributed by atoms with Crippen LogP contribution in [0.2, 0.25) is 0 Å². The average Bonchev–Trinajstić information content (AvgIpc) is 2.98. The highest BCUT2D eigenvalue weighted by atomic mass is 16.6. The van der Waals surface area contributed by atoms with E-state index in [4.69, 9.17) is 9.47 Å². The maximum Gasteiger partial charge on any atom is 0.312 e. The molecule has 0 aliphatic carbocycles. The summed E-state index contributed by atoms with van der Waals surface area (Å²) in [6.07, 6.45) is -0.391. The molecule has 2 aromatic rings. The second-order valence-electron chi connectivity index (χ2n) is 8.57. The quantitative estimate of drug-likeness (QED) is 0.109. The number of nitro groups is 4. The first-order valence-electron chi connectivity index (χ1n) is 12.7. The molecule has 2 aromatic carbocycles. The van der Waals surface area contributed by atoms with Crippen LogP contribution in [0.1, 0.15) is 39.5 Å². The number of nitrogens with one attached hydrogen (secondary N) is 2. The molecule has 0 aromatic heterocycles. The van der Waals surface area contributed by atoms with Gasteiger partial charge in [-0.25, -0.2) is 0 Å². The van der Waals surface area contributed by atoms with Crippen molar-refractivity contribution in [2.75, 3.05) is 24.1 Å². The highest BCUT2D eigenvalue weighted by molar-refractivity contribution is 6.47. The molecular weight excluding hydrogens is 592 g/mol. The fourth-order valence-electron chi connectivity index (χ4n) is 3.23. The number of carbonyl (C=O) groups is 2. The van der Waals surface area contributed by atoms with Crippen LogP contribution in [0.3, 0.4) is 0 Å². The van der Waals surface area contributed by atoms with Crippen LogP contribution < -0.4 is 10.9 Å². The van der Waals surface area contributed by atoms with Crippen LogP contribution in [0.25, 0.3) is 0 Å². The Balaban J connectivity index is 2.64. The third-order valence-electron chi connectivity index (χ3n) is 5.29. The number of esters is 2. The van der Waals surface area contributed by atoms with Crippen molar-refractivity contribution in [2.45, 2.75) is 39.5 Å². The second kappa shape index (κ2) is 16.4. The number of hydrogen-bond donors (Lipinski definition) is 2. The van der Waals surface area contributed by atoms with Crippen LogP contribution in [0, 0.1) is 40.5 Å². The van der Waals surface area contributed by atoms with E-state index >= 15 is 0 Å². The number of rotatable bonds is 17. The van der Waals surface area contributed by atoms with Crippen molar-refractivity contribution in [3.8, 4) is 0 Å². The van der Waals surface area contributed by atoms with Gasteiger partial charge in [-0.3, -0.25) is 60.9 Å². The second-order valence-corrected chi connectivity index (χ2v) is 8.57. The monoisotopic (exact) mass is 618 g/mol. The first-order valence-corrected chi connectivity index (χ1v) is 12.7. The van der Waals surface area contributed by atoms with Gasteiger partial charge in [-0.2, -0.15) is 10.2 Å². The molecule has 0 spiro atoms. The van der Waals surface area contributed by atoms with E-state index in [1.165, 1.54) is 0 Å². The maximum atomic E-state index is 12.5. The molecule has 0 saturated carbocycles. The lowest BCUT2D eigenvalue weighted by Crippen LogP contribution is -2.26. The Morgan fingerprint density at radius 3 is 1.32 bits per heavy atom. The molecule has 0 atom stereocenters. The molecular formula is C24H26N8O12. The largest absolute Gasteiger partial charge is 0.465 e. The van der Waals surface area contributed by atoms with Crippen molar-refractivity contribution < 1.29 is 38.8 Å². The summed E-state index contributed by atoms with van der Waals surface area (Å²) >= 11 is 0. The lowest BCUT2D eigenvalue weighted by molar-refractivity contribution is -0.393. The van der Waals surface area contributed by atoms with Crippen LogP contribution in [-0.4, -0.2) is 56.3 Å². The van der Waals surface area contributed by atoms with Crippen molar-refractivity contribution in [3.63, 3.8) is 0 Å². The summed E-state index contributed by atoms with van der Waals surface area (Å²) in [4.78, 5) is 66.8. The highest BCUT2D eigenvalue weighted by Gasteiger charge is 2.24. The SMILES string of the molecule is CCCOC(=O)CC(=N/Nc1ccc([N+](=O)[O-])cc1[N+](=O)[O-])/C(CC(=O)OCCC)=N\Nc1ccc([N+](=O)[O-])cc1[N+](=O)[O-]. The van der Waals surface area contributed by atoms with E-state index in [1.807, 2.05) is 0 Å². The molecule has 234 valence electrons. The number of nitro benzene ring substituents is 4. The zero-order valence-electron chi connectivity index (χ0n) is 23.3. The number of hydrazone groups is 2. The van der Waals surface area contributed by atoms with Gasteiger partial charge in [-0.1, -0.05) is 13.8 Å². The van der Waals surface area contributed by atoms with E-state index in [0.717, 1.165) is 24.3 Å². The van der Waals surface area contributed by atoms with Gasteiger partial charge < -0.3 is 9.47 Å². The normalized spacial score (nSPS) is 11.3. The van der Waals surface area contributed by atoms with E-state index < -0.39 is 67.2 Å². The first-order chi connectivity index (χ1) is 20.9. The zero-order valence-corrected chi connectivity index (χ0v) is 23.3. The number of anilines is 2. The minimum Gasteiger partial charge on any atom is -0.465 e. The van der Waals surface area contributed by atoms with E-state index in [1.54, 1.807) is 13.8 Å². The Hall–Kier alpha value is -6.08. The van der Waals surface area contributed by atoms with Gasteiger partial charge in [-0.05, 0) is 25.0 Å². The smallest absolute Gasteiger partial charge is 0.312 e. The molecule has 0 saturated heterocycles. The molecule has 0 radical (unpaired) electrons. The zero-order chi connectivity index (χ0) is 32.8. The number of ether oxygens (including phenoxy) is 2. The van der Waals surface area contributed by atoms with Gasteiger partial charge in [-0.15, -0.1) is 0 Å². The molecule has 0 unspecified atom stereocenters. The van der Waals surface area contributed by atoms with Crippen molar-refractivity contribution in [1.29, 1.82) is 0 Å². The Morgan fingerprint density at radius 1 is 0.659 bits per heavy atom. The lowest BCUT2D eigenvalue weighted by Gasteiger charge is -2.12. The van der Waals surface area contributed by atoms with Crippen molar-refractivity contribution in [2.24, 2.45) is 10.2 Å². The van der Waals surface area contributed by atoms with Gasteiger partial charge >= 0.3 is 23.3 Å². The van der Waals surface area contributed by atoms with Crippen molar-refractivity contribution in [3.05, 3.63) is 76.9 Å². The number of carbonyl (C=O) groups excluding carboxylic acids is 2. The highest BCUT2D eigenvalue weighted by Crippen LogP contribution is 2.30. The van der Waals surface area contributed by atoms with Gasteiger partial charge in [0.1, 0.15) is 11.4 Å². The number of benzene rings is 2. The molecule has 0 aliphatic rings. The van der Waals surface area contributed by atoms with Crippen LogP contribution in [0.5, 0.6) is 0 Å². The molecule has 0 bridgehead atoms. The minimum absolute atomic E-state index is 0.0195. The molecule has 20 nitrogen and oxygen atoms in total. The van der Waals surface area contributed by atoms with Crippen LogP contribution in [0.15, 0.2) is 46.6 Å². The summed E-state index contributed by atoms with van der Waals surface area (Å²) in [5.74, 6) is -1.69. The molecule has 44 heavy (non-hydrogen) atoms. The van der Waals surface area contributed by atoms with E-state index in [-0.39, 0.29) is 36.0 Å². The maximum absolute atomic E-state index is 12.5. The Bertz CT molecular complexity index is 1400. The third kappa shape index (κ3) is 10.1. The summed E-state index contributed by atoms with van der Waals surface area (Å²) in [5.41, 5.74) is 0.728. The van der Waals surface area contributed by atoms with E-state index in [0.29, 0.717) is 25.0 Å². The fourth-order valence-corrected chi connectivity index (χ4v) is 3.23. The van der Waals surface area contributed by atoms with Crippen LogP contribution in [-0.2, 0) is 19.1 Å². The van der Waals surface area contributed by atoms with Crippen molar-refractivity contribution in [1.82, 2.24) is 0 Å². The number of hydrogen-bond acceptors (Lipinski definition) is 16. The summed E-state index contributed by atoms with van der Waals surface area (Å²) < 4.78 is 10.1. The average molecular weight is 619 g/mol. The van der Waals surface area contributed by atoms with Gasteiger partial charge in [0.15, 0.2) is 0 Å². The Morgan fingerprint density at radius 2 is 1.02 bits per heavy atom. The van der Waals surface area contributed by atoms with Crippen LogP contribution in [0.4, 0.5) is 34.1 Å².